The second kappa shape index (κ2) is 8.00. The van der Waals surface area contributed by atoms with Crippen molar-refractivity contribution in [2.45, 2.75) is 20.8 Å². The van der Waals surface area contributed by atoms with Crippen molar-refractivity contribution in [2.24, 2.45) is 0 Å². The fraction of sp³-hybridized carbons (Fsp3) is 0.438. The standard InChI is InChI=1S/C16H22N4OS/c1-4-20(5-2)11-10-17-16(21)14-15(22-19-18-14)13-8-6-12(3)7-9-13/h6-9H,4-5,10-11H2,1-3H3,(H,17,21). The number of aromatic nitrogens is 2. The van der Waals surface area contributed by atoms with Crippen molar-refractivity contribution in [1.29, 1.82) is 0 Å². The van der Waals surface area contributed by atoms with Crippen molar-refractivity contribution >= 4 is 17.4 Å². The molecule has 118 valence electrons. The van der Waals surface area contributed by atoms with Crippen LogP contribution in [0.25, 0.3) is 10.4 Å². The average molecular weight is 318 g/mol. The number of rotatable bonds is 7. The van der Waals surface area contributed by atoms with Crippen LogP contribution in [0.2, 0.25) is 0 Å². The fourth-order valence-corrected chi connectivity index (χ4v) is 2.85. The first kappa shape index (κ1) is 16.6. The summed E-state index contributed by atoms with van der Waals surface area (Å²) in [5.74, 6) is -0.156. The van der Waals surface area contributed by atoms with Crippen LogP contribution in [0.5, 0.6) is 0 Å². The molecule has 0 atom stereocenters. The Kier molecular flexibility index (Phi) is 6.03. The van der Waals surface area contributed by atoms with Crippen LogP contribution in [-0.2, 0) is 0 Å². The van der Waals surface area contributed by atoms with E-state index in [4.69, 9.17) is 0 Å². The Bertz CT molecular complexity index is 605. The van der Waals surface area contributed by atoms with Gasteiger partial charge in [0.25, 0.3) is 5.91 Å². The number of aryl methyl sites for hydroxylation is 1. The minimum atomic E-state index is -0.156. The highest BCUT2D eigenvalue weighted by Gasteiger charge is 2.17. The minimum absolute atomic E-state index is 0.156. The van der Waals surface area contributed by atoms with Crippen LogP contribution >= 0.6 is 11.5 Å². The van der Waals surface area contributed by atoms with Gasteiger partial charge in [0.05, 0.1) is 4.88 Å². The van der Waals surface area contributed by atoms with Crippen molar-refractivity contribution in [3.8, 4) is 10.4 Å². The van der Waals surface area contributed by atoms with E-state index in [1.165, 1.54) is 17.1 Å². The third kappa shape index (κ3) is 4.11. The second-order valence-electron chi connectivity index (χ2n) is 5.10. The first-order valence-corrected chi connectivity index (χ1v) is 8.33. The van der Waals surface area contributed by atoms with Crippen molar-refractivity contribution in [3.63, 3.8) is 0 Å². The zero-order valence-corrected chi connectivity index (χ0v) is 14.1. The summed E-state index contributed by atoms with van der Waals surface area (Å²) in [5, 5.41) is 6.93. The predicted octanol–water partition coefficient (Wildman–Crippen LogP) is 2.59. The Hall–Kier alpha value is -1.79. The smallest absolute Gasteiger partial charge is 0.273 e. The van der Waals surface area contributed by atoms with E-state index in [1.807, 2.05) is 31.2 Å². The van der Waals surface area contributed by atoms with Gasteiger partial charge in [0, 0.05) is 13.1 Å². The van der Waals surface area contributed by atoms with Gasteiger partial charge in [-0.2, -0.15) is 0 Å². The summed E-state index contributed by atoms with van der Waals surface area (Å²) >= 11 is 1.25. The Morgan fingerprint density at radius 1 is 1.23 bits per heavy atom. The van der Waals surface area contributed by atoms with Gasteiger partial charge >= 0.3 is 0 Å². The summed E-state index contributed by atoms with van der Waals surface area (Å²) in [7, 11) is 0. The van der Waals surface area contributed by atoms with Crippen molar-refractivity contribution < 1.29 is 4.79 Å². The van der Waals surface area contributed by atoms with E-state index in [0.29, 0.717) is 12.2 Å². The van der Waals surface area contributed by atoms with Crippen LogP contribution in [0.15, 0.2) is 24.3 Å². The monoisotopic (exact) mass is 318 g/mol. The first-order valence-electron chi connectivity index (χ1n) is 7.55. The Labute approximate surface area is 135 Å². The molecule has 1 aromatic heterocycles. The minimum Gasteiger partial charge on any atom is -0.349 e. The molecule has 1 aromatic carbocycles. The maximum absolute atomic E-state index is 12.3. The topological polar surface area (TPSA) is 58.1 Å². The summed E-state index contributed by atoms with van der Waals surface area (Å²) in [6.07, 6.45) is 0. The third-order valence-electron chi connectivity index (χ3n) is 3.62. The number of hydrogen-bond donors (Lipinski definition) is 1. The van der Waals surface area contributed by atoms with Crippen molar-refractivity contribution in [2.75, 3.05) is 26.2 Å². The average Bonchev–Trinajstić information content (AvgIpc) is 3.02. The van der Waals surface area contributed by atoms with Gasteiger partial charge in [-0.25, -0.2) is 0 Å². The van der Waals surface area contributed by atoms with Crippen molar-refractivity contribution in [1.82, 2.24) is 19.8 Å². The number of amides is 1. The molecule has 0 saturated heterocycles. The molecule has 0 unspecified atom stereocenters. The molecule has 0 aliphatic heterocycles. The molecule has 6 heteroatoms. The highest BCUT2D eigenvalue weighted by atomic mass is 32.1. The number of hydrogen-bond acceptors (Lipinski definition) is 5. The molecule has 0 spiro atoms. The lowest BCUT2D eigenvalue weighted by atomic mass is 10.1. The summed E-state index contributed by atoms with van der Waals surface area (Å²) in [6, 6.07) is 8.04. The molecule has 0 fully saturated rings. The Morgan fingerprint density at radius 2 is 1.91 bits per heavy atom. The number of nitrogens with zero attached hydrogens (tertiary/aromatic N) is 3. The summed E-state index contributed by atoms with van der Waals surface area (Å²) in [5.41, 5.74) is 2.58. The van der Waals surface area contributed by atoms with Crippen LogP contribution < -0.4 is 5.32 Å². The SMILES string of the molecule is CCN(CC)CCNC(=O)c1nnsc1-c1ccc(C)cc1. The molecule has 5 nitrogen and oxygen atoms in total. The van der Waals surface area contributed by atoms with Crippen molar-refractivity contribution in [3.05, 3.63) is 35.5 Å². The van der Waals surface area contributed by atoms with Crippen LogP contribution in [0, 0.1) is 6.92 Å². The molecule has 0 aliphatic rings. The molecule has 0 aliphatic carbocycles. The van der Waals surface area contributed by atoms with Gasteiger partial charge in [0.2, 0.25) is 0 Å². The molecule has 0 bridgehead atoms. The number of carbonyl (C=O) groups excluding carboxylic acids is 1. The van der Waals surface area contributed by atoms with Gasteiger partial charge in [-0.3, -0.25) is 4.79 Å². The van der Waals surface area contributed by atoms with Gasteiger partial charge in [-0.05, 0) is 37.1 Å². The van der Waals surface area contributed by atoms with Crippen LogP contribution in [0.1, 0.15) is 29.9 Å². The molecular weight excluding hydrogens is 296 g/mol. The maximum Gasteiger partial charge on any atom is 0.273 e. The van der Waals surface area contributed by atoms with Gasteiger partial charge in [0.1, 0.15) is 0 Å². The van der Waals surface area contributed by atoms with E-state index in [2.05, 4.69) is 33.7 Å². The lowest BCUT2D eigenvalue weighted by Crippen LogP contribution is -2.35. The van der Waals surface area contributed by atoms with E-state index in [0.717, 1.165) is 30.1 Å². The largest absolute Gasteiger partial charge is 0.349 e. The molecule has 0 saturated carbocycles. The van der Waals surface area contributed by atoms with Gasteiger partial charge in [0.15, 0.2) is 5.69 Å². The van der Waals surface area contributed by atoms with Gasteiger partial charge < -0.3 is 10.2 Å². The summed E-state index contributed by atoms with van der Waals surface area (Å²) in [6.45, 7) is 9.70. The highest BCUT2D eigenvalue weighted by molar-refractivity contribution is 7.09. The molecular formula is C16H22N4OS. The zero-order chi connectivity index (χ0) is 15.9. The molecule has 1 amide bonds. The summed E-state index contributed by atoms with van der Waals surface area (Å²) in [4.78, 5) is 15.4. The number of carbonyl (C=O) groups is 1. The van der Waals surface area contributed by atoms with E-state index >= 15 is 0 Å². The van der Waals surface area contributed by atoms with E-state index in [-0.39, 0.29) is 5.91 Å². The van der Waals surface area contributed by atoms with Gasteiger partial charge in [-0.15, -0.1) is 5.10 Å². The normalized spacial score (nSPS) is 10.9. The quantitative estimate of drug-likeness (QED) is 0.852. The molecule has 1 N–H and O–H groups in total. The Morgan fingerprint density at radius 3 is 2.55 bits per heavy atom. The lowest BCUT2D eigenvalue weighted by molar-refractivity contribution is 0.0944. The molecule has 2 rings (SSSR count). The lowest BCUT2D eigenvalue weighted by Gasteiger charge is -2.17. The number of likely N-dealkylation sites (N-methyl/N-ethyl adjacent to an activating group) is 1. The molecule has 2 aromatic rings. The van der Waals surface area contributed by atoms with Crippen LogP contribution in [-0.4, -0.2) is 46.6 Å². The van der Waals surface area contributed by atoms with E-state index in [1.54, 1.807) is 0 Å². The second-order valence-corrected chi connectivity index (χ2v) is 5.85. The molecule has 1 heterocycles. The fourth-order valence-electron chi connectivity index (χ4n) is 2.18. The zero-order valence-electron chi connectivity index (χ0n) is 13.3. The van der Waals surface area contributed by atoms with E-state index in [9.17, 15) is 4.79 Å². The summed E-state index contributed by atoms with van der Waals surface area (Å²) < 4.78 is 3.94. The third-order valence-corrected chi connectivity index (χ3v) is 4.40. The first-order chi connectivity index (χ1) is 10.7. The van der Waals surface area contributed by atoms with E-state index < -0.39 is 0 Å². The molecule has 0 radical (unpaired) electrons. The highest BCUT2D eigenvalue weighted by Crippen LogP contribution is 2.26. The van der Waals surface area contributed by atoms with Crippen LogP contribution in [0.3, 0.4) is 0 Å². The number of benzene rings is 1. The maximum atomic E-state index is 12.3. The Balaban J connectivity index is 2.02. The predicted molar refractivity (Wildman–Crippen MR) is 90.2 cm³/mol. The van der Waals surface area contributed by atoms with Crippen LogP contribution in [0.4, 0.5) is 0 Å². The molecule has 22 heavy (non-hydrogen) atoms. The number of nitrogens with one attached hydrogen (secondary N) is 1. The van der Waals surface area contributed by atoms with Gasteiger partial charge in [-0.1, -0.05) is 48.2 Å².